The van der Waals surface area contributed by atoms with Gasteiger partial charge in [-0.05, 0) is 37.5 Å². The van der Waals surface area contributed by atoms with Crippen LogP contribution in [0.1, 0.15) is 45.8 Å². The van der Waals surface area contributed by atoms with Crippen LogP contribution >= 0.6 is 34.8 Å². The van der Waals surface area contributed by atoms with Crippen LogP contribution in [0.5, 0.6) is 0 Å². The number of aryl methyl sites for hydroxylation is 1. The molecule has 1 amide bonds. The lowest BCUT2D eigenvalue weighted by atomic mass is 9.75. The van der Waals surface area contributed by atoms with E-state index in [0.29, 0.717) is 29.3 Å². The van der Waals surface area contributed by atoms with E-state index in [2.05, 4.69) is 36.6 Å². The Kier molecular flexibility index (Phi) is 7.34. The predicted molar refractivity (Wildman–Crippen MR) is 104 cm³/mol. The number of halogens is 3. The van der Waals surface area contributed by atoms with E-state index >= 15 is 0 Å². The maximum Gasteiger partial charge on any atom is 0.409 e. The minimum absolute atomic E-state index is 0.149. The van der Waals surface area contributed by atoms with E-state index in [4.69, 9.17) is 44.1 Å². The summed E-state index contributed by atoms with van der Waals surface area (Å²) in [5, 5.41) is 9.21. The zero-order valence-electron chi connectivity index (χ0n) is 15.4. The number of rotatable bonds is 5. The molecular formula is C17H26Cl3N3O3. The molecule has 0 aliphatic heterocycles. The van der Waals surface area contributed by atoms with E-state index in [1.165, 1.54) is 0 Å². The number of hydrogen-bond acceptors (Lipinski definition) is 5. The van der Waals surface area contributed by atoms with Gasteiger partial charge in [0.1, 0.15) is 11.9 Å². The quantitative estimate of drug-likeness (QED) is 0.495. The van der Waals surface area contributed by atoms with Gasteiger partial charge in [0.15, 0.2) is 12.0 Å². The second-order valence-electron chi connectivity index (χ2n) is 7.36. The van der Waals surface area contributed by atoms with E-state index in [1.54, 1.807) is 13.0 Å². The molecule has 0 saturated heterocycles. The fraction of sp³-hybridized carbons (Fsp3) is 0.765. The third-order valence-electron chi connectivity index (χ3n) is 4.73. The number of alkyl carbamates (subject to hydrolysis) is 1. The van der Waals surface area contributed by atoms with Crippen molar-refractivity contribution in [1.82, 2.24) is 10.5 Å². The molecule has 26 heavy (non-hydrogen) atoms. The molecule has 0 bridgehead atoms. The maximum atomic E-state index is 12.4. The molecule has 0 radical (unpaired) electrons. The smallest absolute Gasteiger partial charge is 0.409 e. The van der Waals surface area contributed by atoms with Crippen LogP contribution < -0.4 is 10.6 Å². The van der Waals surface area contributed by atoms with Gasteiger partial charge in [0.25, 0.3) is 0 Å². The average molecular weight is 427 g/mol. The molecule has 1 heterocycles. The Morgan fingerprint density at radius 1 is 1.38 bits per heavy atom. The Hall–Kier alpha value is -0.850. The molecule has 2 rings (SSSR count). The summed E-state index contributed by atoms with van der Waals surface area (Å²) in [6, 6.07) is 1.63. The molecule has 0 aromatic carbocycles. The number of aromatic nitrogens is 1. The number of nitrogens with zero attached hydrogens (tertiary/aromatic N) is 1. The van der Waals surface area contributed by atoms with Crippen molar-refractivity contribution in [3.05, 3.63) is 11.8 Å². The number of alkyl halides is 3. The van der Waals surface area contributed by atoms with Gasteiger partial charge in [-0.15, -0.1) is 0 Å². The van der Waals surface area contributed by atoms with Gasteiger partial charge in [-0.3, -0.25) is 5.32 Å². The topological polar surface area (TPSA) is 76.4 Å². The number of carbonyl (C=O) groups is 1. The van der Waals surface area contributed by atoms with Crippen LogP contribution in [0.4, 0.5) is 10.6 Å². The normalized spacial score (nSPS) is 25.0. The number of nitrogens with one attached hydrogen (secondary N) is 2. The number of hydrogen-bond donors (Lipinski definition) is 2. The summed E-state index contributed by atoms with van der Waals surface area (Å²) in [4.78, 5) is 12.4. The lowest BCUT2D eigenvalue weighted by Gasteiger charge is -2.37. The fourth-order valence-corrected chi connectivity index (χ4v) is 3.65. The van der Waals surface area contributed by atoms with Gasteiger partial charge in [0.05, 0.1) is 0 Å². The molecule has 9 heteroatoms. The summed E-state index contributed by atoms with van der Waals surface area (Å²) in [5.74, 6) is 2.22. The fourth-order valence-electron chi connectivity index (χ4n) is 3.32. The van der Waals surface area contributed by atoms with Crippen LogP contribution in [0.15, 0.2) is 10.6 Å². The van der Waals surface area contributed by atoms with Gasteiger partial charge in [0, 0.05) is 6.07 Å². The molecule has 0 spiro atoms. The first-order valence-electron chi connectivity index (χ1n) is 8.80. The molecule has 6 nitrogen and oxygen atoms in total. The summed E-state index contributed by atoms with van der Waals surface area (Å²) in [7, 11) is 0. The third-order valence-corrected chi connectivity index (χ3v) is 5.38. The Bertz CT molecular complexity index is 604. The van der Waals surface area contributed by atoms with Crippen LogP contribution in [-0.4, -0.2) is 27.3 Å². The number of carbonyl (C=O) groups excluding carboxylic acids is 1. The number of ether oxygens (including phenoxy) is 1. The number of anilines is 1. The molecule has 1 fully saturated rings. The van der Waals surface area contributed by atoms with Gasteiger partial charge in [-0.1, -0.05) is 67.2 Å². The van der Waals surface area contributed by atoms with Crippen LogP contribution in [0.3, 0.4) is 0 Å². The second-order valence-corrected chi connectivity index (χ2v) is 9.72. The second kappa shape index (κ2) is 8.89. The molecular weight excluding hydrogens is 401 g/mol. The van der Waals surface area contributed by atoms with Crippen LogP contribution in [-0.2, 0) is 4.74 Å². The summed E-state index contributed by atoms with van der Waals surface area (Å²) < 4.78 is 8.86. The molecule has 0 unspecified atom stereocenters. The first-order chi connectivity index (χ1) is 12.1. The van der Waals surface area contributed by atoms with Crippen molar-refractivity contribution in [2.24, 2.45) is 17.8 Å². The number of amides is 1. The Morgan fingerprint density at radius 3 is 2.62 bits per heavy atom. The third kappa shape index (κ3) is 6.10. The first kappa shape index (κ1) is 21.5. The lowest BCUT2D eigenvalue weighted by molar-refractivity contribution is 0.00533. The van der Waals surface area contributed by atoms with Crippen molar-refractivity contribution in [3.63, 3.8) is 0 Å². The highest BCUT2D eigenvalue weighted by atomic mass is 35.6. The summed E-state index contributed by atoms with van der Waals surface area (Å²) in [5.41, 5.74) is 0. The van der Waals surface area contributed by atoms with Crippen molar-refractivity contribution in [3.8, 4) is 0 Å². The van der Waals surface area contributed by atoms with Gasteiger partial charge in [0.2, 0.25) is 3.79 Å². The first-order valence-corrected chi connectivity index (χ1v) is 9.93. The molecule has 2 N–H and O–H groups in total. The molecule has 4 atom stereocenters. The van der Waals surface area contributed by atoms with E-state index in [-0.39, 0.29) is 6.10 Å². The Balaban J connectivity index is 2.01. The highest BCUT2D eigenvalue weighted by Crippen LogP contribution is 2.36. The largest absolute Gasteiger partial charge is 0.446 e. The van der Waals surface area contributed by atoms with E-state index in [9.17, 15) is 4.79 Å². The van der Waals surface area contributed by atoms with Gasteiger partial charge in [-0.25, -0.2) is 4.79 Å². The van der Waals surface area contributed by atoms with Crippen molar-refractivity contribution in [1.29, 1.82) is 0 Å². The van der Waals surface area contributed by atoms with E-state index in [1.807, 2.05) is 0 Å². The molecule has 1 aromatic rings. The van der Waals surface area contributed by atoms with Crippen molar-refractivity contribution in [2.45, 2.75) is 63.0 Å². The van der Waals surface area contributed by atoms with E-state index in [0.717, 1.165) is 19.3 Å². The molecule has 148 valence electrons. The highest BCUT2D eigenvalue weighted by molar-refractivity contribution is 6.68. The zero-order valence-corrected chi connectivity index (χ0v) is 17.7. The van der Waals surface area contributed by atoms with Gasteiger partial charge >= 0.3 is 6.09 Å². The average Bonchev–Trinajstić information content (AvgIpc) is 2.90. The minimum atomic E-state index is -1.80. The van der Waals surface area contributed by atoms with Gasteiger partial charge in [-0.2, -0.15) is 0 Å². The molecule has 1 aliphatic carbocycles. The van der Waals surface area contributed by atoms with Crippen LogP contribution in [0.25, 0.3) is 0 Å². The summed E-state index contributed by atoms with van der Waals surface area (Å²) in [6.45, 7) is 8.20. The van der Waals surface area contributed by atoms with Gasteiger partial charge < -0.3 is 14.6 Å². The maximum absolute atomic E-state index is 12.4. The SMILES string of the molecule is Cc1cc(N[C@H](NC(=O)O[C@@H]2C[C@H](C)CC[C@@H]2C(C)C)C(Cl)(Cl)Cl)no1. The van der Waals surface area contributed by atoms with Crippen molar-refractivity contribution < 1.29 is 14.1 Å². The van der Waals surface area contributed by atoms with Crippen molar-refractivity contribution >= 4 is 46.7 Å². The monoisotopic (exact) mass is 425 g/mol. The van der Waals surface area contributed by atoms with E-state index < -0.39 is 16.1 Å². The van der Waals surface area contributed by atoms with Crippen LogP contribution in [0, 0.1) is 24.7 Å². The highest BCUT2D eigenvalue weighted by Gasteiger charge is 2.37. The lowest BCUT2D eigenvalue weighted by Crippen LogP contribution is -2.50. The summed E-state index contributed by atoms with van der Waals surface area (Å²) >= 11 is 18.0. The molecule has 1 saturated carbocycles. The molecule has 1 aromatic heterocycles. The zero-order chi connectivity index (χ0) is 19.5. The standard InChI is InChI=1S/C17H26Cl3N3O3/c1-9(2)12-6-5-10(3)7-13(12)25-16(24)22-15(17(18,19)20)21-14-8-11(4)26-23-14/h8-10,12-13,15H,5-7H2,1-4H3,(H,21,23)(H,22,24)/t10-,12-,13-,15-/m1/s1. The Morgan fingerprint density at radius 2 is 2.08 bits per heavy atom. The summed E-state index contributed by atoms with van der Waals surface area (Å²) in [6.07, 6.45) is 1.23. The Labute approximate surface area is 169 Å². The minimum Gasteiger partial charge on any atom is -0.446 e. The van der Waals surface area contributed by atoms with Crippen molar-refractivity contribution in [2.75, 3.05) is 5.32 Å². The molecule has 1 aliphatic rings. The predicted octanol–water partition coefficient (Wildman–Crippen LogP) is 5.28. The van der Waals surface area contributed by atoms with Crippen LogP contribution in [0.2, 0.25) is 0 Å².